The standard InChI is InChI=1S/C9H12O3/c1-11-7-12-9-5-3-2-4-8(9)6-10/h3,5-6H,2,4,7H2,1H3. The lowest BCUT2D eigenvalue weighted by Crippen LogP contribution is -2.02. The molecule has 0 heterocycles. The first kappa shape index (κ1) is 9.00. The molecule has 66 valence electrons. The summed E-state index contributed by atoms with van der Waals surface area (Å²) in [4.78, 5) is 10.5. The summed E-state index contributed by atoms with van der Waals surface area (Å²) >= 11 is 0. The smallest absolute Gasteiger partial charge is 0.188 e. The van der Waals surface area contributed by atoms with Gasteiger partial charge in [-0.1, -0.05) is 6.08 Å². The lowest BCUT2D eigenvalue weighted by molar-refractivity contribution is -0.105. The van der Waals surface area contributed by atoms with Gasteiger partial charge < -0.3 is 9.47 Å². The zero-order valence-corrected chi connectivity index (χ0v) is 7.08. The van der Waals surface area contributed by atoms with Crippen LogP contribution in [-0.2, 0) is 14.3 Å². The molecule has 0 N–H and O–H groups in total. The lowest BCUT2D eigenvalue weighted by atomic mass is 10.1. The van der Waals surface area contributed by atoms with E-state index >= 15 is 0 Å². The lowest BCUT2D eigenvalue weighted by Gasteiger charge is -2.11. The molecule has 0 bridgehead atoms. The van der Waals surface area contributed by atoms with Gasteiger partial charge in [0.2, 0.25) is 0 Å². The molecular weight excluding hydrogens is 156 g/mol. The molecule has 3 nitrogen and oxygen atoms in total. The summed E-state index contributed by atoms with van der Waals surface area (Å²) in [5.41, 5.74) is 0.717. The Hall–Kier alpha value is -1.09. The van der Waals surface area contributed by atoms with Crippen LogP contribution in [0, 0.1) is 0 Å². The number of hydrogen-bond acceptors (Lipinski definition) is 3. The zero-order chi connectivity index (χ0) is 8.81. The number of ether oxygens (including phenoxy) is 2. The Labute approximate surface area is 71.7 Å². The molecule has 0 aromatic carbocycles. The summed E-state index contributed by atoms with van der Waals surface area (Å²) in [7, 11) is 1.55. The van der Waals surface area contributed by atoms with Crippen LogP contribution in [0.15, 0.2) is 23.5 Å². The van der Waals surface area contributed by atoms with Gasteiger partial charge in [-0.3, -0.25) is 4.79 Å². The Morgan fingerprint density at radius 1 is 1.67 bits per heavy atom. The van der Waals surface area contributed by atoms with Crippen LogP contribution in [0.2, 0.25) is 0 Å². The van der Waals surface area contributed by atoms with Crippen molar-refractivity contribution in [1.29, 1.82) is 0 Å². The number of hydrogen-bond donors (Lipinski definition) is 0. The van der Waals surface area contributed by atoms with Gasteiger partial charge in [0.1, 0.15) is 12.0 Å². The fourth-order valence-electron chi connectivity index (χ4n) is 1.04. The molecule has 0 amide bonds. The molecule has 0 aromatic heterocycles. The van der Waals surface area contributed by atoms with Gasteiger partial charge in [0.25, 0.3) is 0 Å². The van der Waals surface area contributed by atoms with Crippen LogP contribution in [0.1, 0.15) is 12.8 Å². The summed E-state index contributed by atoms with van der Waals surface area (Å²) in [6, 6.07) is 0. The van der Waals surface area contributed by atoms with Gasteiger partial charge in [-0.2, -0.15) is 0 Å². The molecule has 0 aliphatic heterocycles. The van der Waals surface area contributed by atoms with Gasteiger partial charge in [-0.25, -0.2) is 0 Å². The summed E-state index contributed by atoms with van der Waals surface area (Å²) in [5.74, 6) is 0.637. The van der Waals surface area contributed by atoms with Crippen LogP contribution in [0.25, 0.3) is 0 Å². The Balaban J connectivity index is 2.61. The number of allylic oxidation sites excluding steroid dienone is 3. The van der Waals surface area contributed by atoms with Crippen molar-refractivity contribution in [3.8, 4) is 0 Å². The highest BCUT2D eigenvalue weighted by Crippen LogP contribution is 2.17. The molecular formula is C9H12O3. The molecule has 0 spiro atoms. The van der Waals surface area contributed by atoms with Crippen LogP contribution < -0.4 is 0 Å². The van der Waals surface area contributed by atoms with Crippen molar-refractivity contribution in [3.63, 3.8) is 0 Å². The quantitative estimate of drug-likeness (QED) is 0.470. The second kappa shape index (κ2) is 4.72. The molecule has 0 atom stereocenters. The first-order chi connectivity index (χ1) is 5.88. The third-order valence-corrected chi connectivity index (χ3v) is 1.64. The van der Waals surface area contributed by atoms with Crippen molar-refractivity contribution < 1.29 is 14.3 Å². The van der Waals surface area contributed by atoms with Crippen LogP contribution in [0.3, 0.4) is 0 Å². The van der Waals surface area contributed by atoms with Gasteiger partial charge in [-0.15, -0.1) is 0 Å². The Bertz CT molecular complexity index is 216. The predicted octanol–water partition coefficient (Wildman–Crippen LogP) is 1.41. The van der Waals surface area contributed by atoms with Gasteiger partial charge in [0.05, 0.1) is 0 Å². The number of rotatable bonds is 4. The summed E-state index contributed by atoms with van der Waals surface area (Å²) < 4.78 is 9.91. The average molecular weight is 168 g/mol. The Morgan fingerprint density at radius 3 is 3.17 bits per heavy atom. The van der Waals surface area contributed by atoms with Gasteiger partial charge in [-0.05, 0) is 18.9 Å². The number of methoxy groups -OCH3 is 1. The summed E-state index contributed by atoms with van der Waals surface area (Å²) in [5, 5.41) is 0. The minimum Gasteiger partial charge on any atom is -0.467 e. The minimum atomic E-state index is 0.191. The third kappa shape index (κ3) is 2.20. The second-order valence-electron chi connectivity index (χ2n) is 2.50. The van der Waals surface area contributed by atoms with E-state index in [1.165, 1.54) is 0 Å². The molecule has 0 unspecified atom stereocenters. The highest BCUT2D eigenvalue weighted by atomic mass is 16.7. The van der Waals surface area contributed by atoms with Gasteiger partial charge in [0, 0.05) is 12.7 Å². The maximum atomic E-state index is 10.5. The monoisotopic (exact) mass is 168 g/mol. The largest absolute Gasteiger partial charge is 0.467 e. The van der Waals surface area contributed by atoms with Crippen molar-refractivity contribution in [2.75, 3.05) is 13.9 Å². The fraction of sp³-hybridized carbons (Fsp3) is 0.444. The van der Waals surface area contributed by atoms with Gasteiger partial charge in [0.15, 0.2) is 6.79 Å². The second-order valence-corrected chi connectivity index (χ2v) is 2.50. The van der Waals surface area contributed by atoms with Crippen molar-refractivity contribution in [2.45, 2.75) is 12.8 Å². The van der Waals surface area contributed by atoms with Crippen molar-refractivity contribution >= 4 is 6.29 Å². The molecule has 1 rings (SSSR count). The SMILES string of the molecule is COCOC1=C(C=O)CCC=C1. The van der Waals surface area contributed by atoms with E-state index in [1.54, 1.807) is 7.11 Å². The van der Waals surface area contributed by atoms with E-state index < -0.39 is 0 Å². The maximum Gasteiger partial charge on any atom is 0.188 e. The highest BCUT2D eigenvalue weighted by Gasteiger charge is 2.07. The van der Waals surface area contributed by atoms with Crippen LogP contribution in [-0.4, -0.2) is 20.2 Å². The van der Waals surface area contributed by atoms with E-state index in [1.807, 2.05) is 12.2 Å². The number of aldehydes is 1. The topological polar surface area (TPSA) is 35.5 Å². The van der Waals surface area contributed by atoms with E-state index in [0.717, 1.165) is 24.7 Å². The molecule has 0 fully saturated rings. The van der Waals surface area contributed by atoms with Gasteiger partial charge >= 0.3 is 0 Å². The fourth-order valence-corrected chi connectivity index (χ4v) is 1.04. The average Bonchev–Trinajstić information content (AvgIpc) is 2.15. The van der Waals surface area contributed by atoms with Crippen LogP contribution in [0.4, 0.5) is 0 Å². The number of carbonyl (C=O) groups excluding carboxylic acids is 1. The molecule has 3 heteroatoms. The summed E-state index contributed by atoms with van der Waals surface area (Å²) in [6.45, 7) is 0.191. The van der Waals surface area contributed by atoms with E-state index in [2.05, 4.69) is 0 Å². The molecule has 0 saturated carbocycles. The minimum absolute atomic E-state index is 0.191. The Kier molecular flexibility index (Phi) is 3.54. The molecule has 1 aliphatic rings. The normalized spacial score (nSPS) is 16.4. The van der Waals surface area contributed by atoms with Crippen LogP contribution in [0.5, 0.6) is 0 Å². The third-order valence-electron chi connectivity index (χ3n) is 1.64. The van der Waals surface area contributed by atoms with E-state index in [0.29, 0.717) is 5.76 Å². The van der Waals surface area contributed by atoms with E-state index in [9.17, 15) is 4.79 Å². The maximum absolute atomic E-state index is 10.5. The molecule has 0 radical (unpaired) electrons. The van der Waals surface area contributed by atoms with Crippen LogP contribution >= 0.6 is 0 Å². The van der Waals surface area contributed by atoms with Crippen molar-refractivity contribution in [2.24, 2.45) is 0 Å². The van der Waals surface area contributed by atoms with E-state index in [4.69, 9.17) is 9.47 Å². The highest BCUT2D eigenvalue weighted by molar-refractivity contribution is 5.75. The first-order valence-electron chi connectivity index (χ1n) is 3.85. The first-order valence-corrected chi connectivity index (χ1v) is 3.85. The molecule has 0 aromatic rings. The van der Waals surface area contributed by atoms with Crippen molar-refractivity contribution in [1.82, 2.24) is 0 Å². The zero-order valence-electron chi connectivity index (χ0n) is 7.08. The Morgan fingerprint density at radius 2 is 2.50 bits per heavy atom. The van der Waals surface area contributed by atoms with Crippen molar-refractivity contribution in [3.05, 3.63) is 23.5 Å². The molecule has 12 heavy (non-hydrogen) atoms. The predicted molar refractivity (Wildman–Crippen MR) is 44.4 cm³/mol. The summed E-state index contributed by atoms with van der Waals surface area (Å²) in [6.07, 6.45) is 6.31. The number of carbonyl (C=O) groups is 1. The van der Waals surface area contributed by atoms with E-state index in [-0.39, 0.29) is 6.79 Å². The molecule has 0 saturated heterocycles. The molecule has 1 aliphatic carbocycles.